The summed E-state index contributed by atoms with van der Waals surface area (Å²) >= 11 is 0. The summed E-state index contributed by atoms with van der Waals surface area (Å²) in [7, 11) is 0. The highest BCUT2D eigenvalue weighted by atomic mass is 16.5. The molecule has 5 aliphatic carbocycles. The number of fused-ring (bicyclic) bond motifs is 7. The number of esters is 1. The molecule has 3 heteroatoms. The van der Waals surface area contributed by atoms with E-state index in [4.69, 9.17) is 4.74 Å². The van der Waals surface area contributed by atoms with Gasteiger partial charge in [0.1, 0.15) is 6.10 Å². The molecule has 1 N–H and O–H groups in total. The Hall–Kier alpha value is -0.830. The fourth-order valence-corrected chi connectivity index (χ4v) is 14.1. The van der Waals surface area contributed by atoms with Crippen molar-refractivity contribution in [3.63, 3.8) is 0 Å². The van der Waals surface area contributed by atoms with E-state index in [1.807, 2.05) is 0 Å². The summed E-state index contributed by atoms with van der Waals surface area (Å²) in [5.74, 6) is 2.89. The van der Waals surface area contributed by atoms with Crippen LogP contribution in [0.3, 0.4) is 0 Å². The molecule has 0 amide bonds. The molecule has 0 aliphatic heterocycles. The van der Waals surface area contributed by atoms with Crippen LogP contribution in [0.1, 0.15) is 204 Å². The van der Waals surface area contributed by atoms with Gasteiger partial charge in [0.25, 0.3) is 0 Å². The first kappa shape index (κ1) is 39.4. The minimum atomic E-state index is -0.349. The Balaban J connectivity index is 1.14. The van der Waals surface area contributed by atoms with Crippen molar-refractivity contribution in [3.05, 3.63) is 11.6 Å². The third-order valence-corrected chi connectivity index (χ3v) is 17.1. The first-order valence-corrected chi connectivity index (χ1v) is 21.7. The van der Waals surface area contributed by atoms with Crippen molar-refractivity contribution in [2.24, 2.45) is 56.7 Å². The molecule has 4 fully saturated rings. The minimum absolute atomic E-state index is 0.0101. The molecular formula is C46H80O3. The fourth-order valence-electron chi connectivity index (χ4n) is 14.1. The standard InChI is InChI=1S/C46H80O3/c1-10-11-12-13-14-15-16-17-18-19-20-21-22-23-39(48)49-38-27-29-44(7)37-25-24-35-40-34(3)33(2)26-28-43(40,6)30-31-45(35,8)46(37,9)32-36(47)41(44)42(38,4)5/h26,34-38,40-41,47H,10-25,27-32H2,1-9H3/t34-,35+,36-,37-,38-,40+,41-,43-,44-,45-,46-/m1/s1. The van der Waals surface area contributed by atoms with Crippen LogP contribution in [0, 0.1) is 56.7 Å². The van der Waals surface area contributed by atoms with Crippen LogP contribution in [0.2, 0.25) is 0 Å². The summed E-state index contributed by atoms with van der Waals surface area (Å²) in [5.41, 5.74) is 2.24. The van der Waals surface area contributed by atoms with E-state index in [0.717, 1.165) is 43.9 Å². The predicted octanol–water partition coefficient (Wildman–Crippen LogP) is 13.0. The number of carbonyl (C=O) groups excluding carboxylic acids is 1. The van der Waals surface area contributed by atoms with Gasteiger partial charge in [0.05, 0.1) is 6.10 Å². The van der Waals surface area contributed by atoms with E-state index in [1.54, 1.807) is 5.57 Å². The number of hydrogen-bond donors (Lipinski definition) is 1. The van der Waals surface area contributed by atoms with Crippen molar-refractivity contribution >= 4 is 5.97 Å². The van der Waals surface area contributed by atoms with Gasteiger partial charge < -0.3 is 9.84 Å². The maximum absolute atomic E-state index is 13.2. The third kappa shape index (κ3) is 7.38. The van der Waals surface area contributed by atoms with Crippen LogP contribution in [0.15, 0.2) is 11.6 Å². The molecule has 0 spiro atoms. The number of aliphatic hydroxyl groups is 1. The number of unbranched alkanes of at least 4 members (excludes halogenated alkanes) is 12. The molecule has 3 nitrogen and oxygen atoms in total. The molecule has 0 aromatic carbocycles. The quantitative estimate of drug-likeness (QED) is 0.106. The lowest BCUT2D eigenvalue weighted by molar-refractivity contribution is -0.278. The van der Waals surface area contributed by atoms with Gasteiger partial charge in [-0.3, -0.25) is 4.79 Å². The Morgan fingerprint density at radius 2 is 1.39 bits per heavy atom. The molecule has 282 valence electrons. The number of allylic oxidation sites excluding steroid dienone is 2. The second-order valence-corrected chi connectivity index (χ2v) is 20.3. The van der Waals surface area contributed by atoms with Crippen molar-refractivity contribution in [3.8, 4) is 0 Å². The number of ether oxygens (including phenoxy) is 1. The maximum Gasteiger partial charge on any atom is 0.306 e. The Bertz CT molecular complexity index is 1140. The van der Waals surface area contributed by atoms with E-state index < -0.39 is 0 Å². The molecule has 49 heavy (non-hydrogen) atoms. The molecule has 0 saturated heterocycles. The molecular weight excluding hydrogens is 601 g/mol. The van der Waals surface area contributed by atoms with Crippen molar-refractivity contribution in [2.75, 3.05) is 0 Å². The summed E-state index contributed by atoms with van der Waals surface area (Å²) in [6.07, 6.45) is 29.1. The van der Waals surface area contributed by atoms with Crippen LogP contribution in [-0.2, 0) is 9.53 Å². The van der Waals surface area contributed by atoms with Crippen molar-refractivity contribution in [2.45, 2.75) is 216 Å². The van der Waals surface area contributed by atoms with E-state index in [-0.39, 0.29) is 45.8 Å². The number of carbonyl (C=O) groups is 1. The lowest BCUT2D eigenvalue weighted by atomic mass is 9.31. The van der Waals surface area contributed by atoms with Gasteiger partial charge in [-0.15, -0.1) is 0 Å². The van der Waals surface area contributed by atoms with Crippen LogP contribution in [0.25, 0.3) is 0 Å². The van der Waals surface area contributed by atoms with E-state index in [9.17, 15) is 9.90 Å². The van der Waals surface area contributed by atoms with Crippen LogP contribution in [0.5, 0.6) is 0 Å². The normalized spacial score (nSPS) is 42.7. The van der Waals surface area contributed by atoms with E-state index in [2.05, 4.69) is 68.4 Å². The van der Waals surface area contributed by atoms with Gasteiger partial charge in [-0.2, -0.15) is 0 Å². The second-order valence-electron chi connectivity index (χ2n) is 20.3. The fraction of sp³-hybridized carbons (Fsp3) is 0.935. The summed E-state index contributed by atoms with van der Waals surface area (Å²) in [6.45, 7) is 22.2. The van der Waals surface area contributed by atoms with Gasteiger partial charge >= 0.3 is 5.97 Å². The molecule has 0 unspecified atom stereocenters. The summed E-state index contributed by atoms with van der Waals surface area (Å²) in [6, 6.07) is 0. The number of rotatable bonds is 15. The number of aliphatic hydroxyl groups excluding tert-OH is 1. The van der Waals surface area contributed by atoms with Gasteiger partial charge in [-0.1, -0.05) is 144 Å². The average molecular weight is 681 g/mol. The first-order valence-electron chi connectivity index (χ1n) is 21.7. The molecule has 0 radical (unpaired) electrons. The van der Waals surface area contributed by atoms with Gasteiger partial charge in [0.2, 0.25) is 0 Å². The second kappa shape index (κ2) is 15.6. The van der Waals surface area contributed by atoms with Gasteiger partial charge in [0.15, 0.2) is 0 Å². The molecule has 11 atom stereocenters. The Morgan fingerprint density at radius 3 is 2.00 bits per heavy atom. The molecule has 0 aromatic heterocycles. The smallest absolute Gasteiger partial charge is 0.306 e. The summed E-state index contributed by atoms with van der Waals surface area (Å²) < 4.78 is 6.36. The largest absolute Gasteiger partial charge is 0.462 e. The van der Waals surface area contributed by atoms with Crippen molar-refractivity contribution in [1.82, 2.24) is 0 Å². The molecule has 4 saturated carbocycles. The monoisotopic (exact) mass is 681 g/mol. The predicted molar refractivity (Wildman–Crippen MR) is 206 cm³/mol. The Labute approximate surface area is 304 Å². The zero-order valence-electron chi connectivity index (χ0n) is 33.9. The topological polar surface area (TPSA) is 46.5 Å². The lowest BCUT2D eigenvalue weighted by Crippen LogP contribution is -2.70. The molecule has 0 heterocycles. The van der Waals surface area contributed by atoms with Gasteiger partial charge in [-0.05, 0) is 116 Å². The zero-order valence-corrected chi connectivity index (χ0v) is 33.9. The van der Waals surface area contributed by atoms with Gasteiger partial charge in [-0.25, -0.2) is 0 Å². The first-order chi connectivity index (χ1) is 23.2. The molecule has 0 aromatic rings. The van der Waals surface area contributed by atoms with Crippen LogP contribution in [-0.4, -0.2) is 23.3 Å². The van der Waals surface area contributed by atoms with Crippen molar-refractivity contribution < 1.29 is 14.6 Å². The maximum atomic E-state index is 13.2. The van der Waals surface area contributed by atoms with E-state index in [1.165, 1.54) is 103 Å². The number of hydrogen-bond acceptors (Lipinski definition) is 3. The van der Waals surface area contributed by atoms with Crippen LogP contribution in [0.4, 0.5) is 0 Å². The van der Waals surface area contributed by atoms with Crippen LogP contribution < -0.4 is 0 Å². The van der Waals surface area contributed by atoms with Crippen LogP contribution >= 0.6 is 0 Å². The highest BCUT2D eigenvalue weighted by Gasteiger charge is 2.71. The Kier molecular flexibility index (Phi) is 12.6. The molecule has 0 bridgehead atoms. The average Bonchev–Trinajstić information content (AvgIpc) is 3.03. The molecule has 5 rings (SSSR count). The third-order valence-electron chi connectivity index (χ3n) is 17.1. The van der Waals surface area contributed by atoms with E-state index in [0.29, 0.717) is 23.7 Å². The Morgan fingerprint density at radius 1 is 0.796 bits per heavy atom. The highest BCUT2D eigenvalue weighted by Crippen LogP contribution is 2.76. The molecule has 5 aliphatic rings. The summed E-state index contributed by atoms with van der Waals surface area (Å²) in [5, 5.41) is 12.3. The van der Waals surface area contributed by atoms with E-state index >= 15 is 0 Å². The van der Waals surface area contributed by atoms with Crippen molar-refractivity contribution in [1.29, 1.82) is 0 Å². The lowest BCUT2D eigenvalue weighted by Gasteiger charge is -2.74. The zero-order chi connectivity index (χ0) is 35.7. The SMILES string of the molecule is CCCCCCCCCCCCCCCC(=O)O[C@@H]1CC[C@@]2(C)[C@H]([C@H](O)C[C@]3(C)[C@@H]2CC[C@H]2[C@@H]4[C@H](C)C(C)=CC[C@]4(C)CC[C@]23C)C1(C)C. The summed E-state index contributed by atoms with van der Waals surface area (Å²) in [4.78, 5) is 13.2. The highest BCUT2D eigenvalue weighted by molar-refractivity contribution is 5.69. The minimum Gasteiger partial charge on any atom is -0.462 e. The van der Waals surface area contributed by atoms with Gasteiger partial charge in [0, 0.05) is 11.8 Å².